The average molecular weight is 346 g/mol. The number of halogens is 1. The Labute approximate surface area is 148 Å². The van der Waals surface area contributed by atoms with Gasteiger partial charge in [0.05, 0.1) is 23.5 Å². The van der Waals surface area contributed by atoms with Gasteiger partial charge in [-0.3, -0.25) is 9.58 Å². The van der Waals surface area contributed by atoms with Crippen LogP contribution in [0, 0.1) is 6.92 Å². The molecule has 3 heterocycles. The van der Waals surface area contributed by atoms with Crippen molar-refractivity contribution in [2.45, 2.75) is 51.3 Å². The Morgan fingerprint density at radius 2 is 1.96 bits per heavy atom. The number of fused-ring (bicyclic) bond motifs is 1. The van der Waals surface area contributed by atoms with Crippen LogP contribution in [0.15, 0.2) is 24.3 Å². The van der Waals surface area contributed by atoms with E-state index in [0.29, 0.717) is 6.04 Å². The minimum atomic E-state index is -0.126. The van der Waals surface area contributed by atoms with E-state index in [1.54, 1.807) is 0 Å². The minimum absolute atomic E-state index is 0.126. The molecule has 4 nitrogen and oxygen atoms in total. The highest BCUT2D eigenvalue weighted by Gasteiger charge is 2.30. The lowest BCUT2D eigenvalue weighted by molar-refractivity contribution is 0.0512. The SMILES string of the molecule is Cc1c(Cl)cccc1-c1cc2n(n1)CCCC2N1CCC(O)CC1. The first-order valence-electron chi connectivity index (χ1n) is 8.89. The van der Waals surface area contributed by atoms with Gasteiger partial charge in [0, 0.05) is 30.2 Å². The van der Waals surface area contributed by atoms with E-state index < -0.39 is 0 Å². The van der Waals surface area contributed by atoms with Gasteiger partial charge < -0.3 is 5.11 Å². The molecule has 0 radical (unpaired) electrons. The number of rotatable bonds is 2. The Morgan fingerprint density at radius 3 is 2.75 bits per heavy atom. The van der Waals surface area contributed by atoms with E-state index in [-0.39, 0.29) is 6.10 Å². The van der Waals surface area contributed by atoms with Gasteiger partial charge in [0.2, 0.25) is 0 Å². The summed E-state index contributed by atoms with van der Waals surface area (Å²) in [5.41, 5.74) is 4.55. The molecule has 0 aliphatic carbocycles. The van der Waals surface area contributed by atoms with Gasteiger partial charge in [-0.15, -0.1) is 0 Å². The molecule has 0 bridgehead atoms. The number of aryl methyl sites for hydroxylation is 1. The van der Waals surface area contributed by atoms with Crippen LogP contribution < -0.4 is 0 Å². The number of likely N-dealkylation sites (tertiary alicyclic amines) is 1. The van der Waals surface area contributed by atoms with Crippen LogP contribution in [0.3, 0.4) is 0 Å². The summed E-state index contributed by atoms with van der Waals surface area (Å²) in [5.74, 6) is 0. The van der Waals surface area contributed by atoms with Crippen LogP contribution in [0.4, 0.5) is 0 Å². The molecule has 1 fully saturated rings. The van der Waals surface area contributed by atoms with Crippen molar-refractivity contribution in [1.82, 2.24) is 14.7 Å². The lowest BCUT2D eigenvalue weighted by Gasteiger charge is -2.38. The zero-order valence-corrected chi connectivity index (χ0v) is 14.8. The smallest absolute Gasteiger partial charge is 0.0929 e. The van der Waals surface area contributed by atoms with E-state index in [1.165, 1.54) is 12.1 Å². The second-order valence-electron chi connectivity index (χ2n) is 7.02. The normalized spacial score (nSPS) is 22.5. The average Bonchev–Trinajstić information content (AvgIpc) is 3.02. The number of aliphatic hydroxyl groups excluding tert-OH is 1. The van der Waals surface area contributed by atoms with Crippen LogP contribution in [0.2, 0.25) is 5.02 Å². The fourth-order valence-corrected chi connectivity index (χ4v) is 4.22. The first-order chi connectivity index (χ1) is 11.6. The summed E-state index contributed by atoms with van der Waals surface area (Å²) in [7, 11) is 0. The molecule has 0 spiro atoms. The van der Waals surface area contributed by atoms with Crippen molar-refractivity contribution in [2.24, 2.45) is 0 Å². The molecule has 2 aliphatic rings. The van der Waals surface area contributed by atoms with Gasteiger partial charge in [0.25, 0.3) is 0 Å². The van der Waals surface area contributed by atoms with Gasteiger partial charge in [-0.05, 0) is 50.3 Å². The summed E-state index contributed by atoms with van der Waals surface area (Å²) in [5, 5.41) is 15.4. The summed E-state index contributed by atoms with van der Waals surface area (Å²) < 4.78 is 2.18. The first-order valence-corrected chi connectivity index (χ1v) is 9.26. The Bertz CT molecular complexity index is 734. The molecule has 1 N–H and O–H groups in total. The highest BCUT2D eigenvalue weighted by molar-refractivity contribution is 6.31. The first kappa shape index (κ1) is 16.1. The van der Waals surface area contributed by atoms with Gasteiger partial charge in [0.15, 0.2) is 0 Å². The van der Waals surface area contributed by atoms with E-state index in [4.69, 9.17) is 16.7 Å². The third kappa shape index (κ3) is 2.87. The molecule has 0 saturated carbocycles. The van der Waals surface area contributed by atoms with Gasteiger partial charge in [0.1, 0.15) is 0 Å². The van der Waals surface area contributed by atoms with E-state index in [9.17, 15) is 5.11 Å². The number of benzene rings is 1. The van der Waals surface area contributed by atoms with E-state index in [2.05, 4.69) is 28.6 Å². The number of aromatic nitrogens is 2. The van der Waals surface area contributed by atoms with Crippen LogP contribution in [0.5, 0.6) is 0 Å². The van der Waals surface area contributed by atoms with Crippen molar-refractivity contribution in [3.63, 3.8) is 0 Å². The number of aliphatic hydroxyl groups is 1. The number of hydrogen-bond acceptors (Lipinski definition) is 3. The molecule has 2 aliphatic heterocycles. The van der Waals surface area contributed by atoms with Crippen LogP contribution in [-0.2, 0) is 6.54 Å². The molecule has 5 heteroatoms. The Hall–Kier alpha value is -1.36. The van der Waals surface area contributed by atoms with Crippen molar-refractivity contribution in [3.05, 3.63) is 40.5 Å². The third-order valence-electron chi connectivity index (χ3n) is 5.48. The summed E-state index contributed by atoms with van der Waals surface area (Å²) in [6.45, 7) is 4.99. The summed E-state index contributed by atoms with van der Waals surface area (Å²) in [6, 6.07) is 8.69. The maximum atomic E-state index is 9.77. The predicted molar refractivity (Wildman–Crippen MR) is 96.2 cm³/mol. The number of hydrogen-bond donors (Lipinski definition) is 1. The van der Waals surface area contributed by atoms with Crippen molar-refractivity contribution in [1.29, 1.82) is 0 Å². The lowest BCUT2D eigenvalue weighted by Crippen LogP contribution is -2.40. The van der Waals surface area contributed by atoms with Crippen molar-refractivity contribution in [2.75, 3.05) is 13.1 Å². The largest absolute Gasteiger partial charge is 0.393 e. The second kappa shape index (κ2) is 6.51. The molecule has 1 unspecified atom stereocenters. The molecule has 2 aromatic rings. The minimum Gasteiger partial charge on any atom is -0.393 e. The predicted octanol–water partition coefficient (Wildman–Crippen LogP) is 3.80. The zero-order chi connectivity index (χ0) is 16.7. The molecule has 128 valence electrons. The Balaban J connectivity index is 1.66. The van der Waals surface area contributed by atoms with Crippen LogP contribution >= 0.6 is 11.6 Å². The molecular formula is C19H24ClN3O. The maximum Gasteiger partial charge on any atom is 0.0929 e. The molecular weight excluding hydrogens is 322 g/mol. The lowest BCUT2D eigenvalue weighted by atomic mass is 9.97. The molecule has 4 rings (SSSR count). The van der Waals surface area contributed by atoms with Crippen molar-refractivity contribution < 1.29 is 5.11 Å². The summed E-state index contributed by atoms with van der Waals surface area (Å²) in [4.78, 5) is 2.52. The van der Waals surface area contributed by atoms with Gasteiger partial charge in [-0.25, -0.2) is 0 Å². The molecule has 0 amide bonds. The summed E-state index contributed by atoms with van der Waals surface area (Å²) in [6.07, 6.45) is 3.97. The molecule has 1 aromatic heterocycles. The third-order valence-corrected chi connectivity index (χ3v) is 5.89. The van der Waals surface area contributed by atoms with E-state index in [0.717, 1.165) is 60.7 Å². The standard InChI is InChI=1S/C19H24ClN3O/c1-13-15(4-2-5-16(13)20)17-12-19-18(6-3-9-23(19)21-17)22-10-7-14(24)8-11-22/h2,4-5,12,14,18,24H,3,6-11H2,1H3. The molecule has 24 heavy (non-hydrogen) atoms. The monoisotopic (exact) mass is 345 g/mol. The highest BCUT2D eigenvalue weighted by atomic mass is 35.5. The second-order valence-corrected chi connectivity index (χ2v) is 7.42. The highest BCUT2D eigenvalue weighted by Crippen LogP contribution is 2.36. The van der Waals surface area contributed by atoms with Crippen molar-refractivity contribution >= 4 is 11.6 Å². The van der Waals surface area contributed by atoms with Crippen LogP contribution in [0.25, 0.3) is 11.3 Å². The van der Waals surface area contributed by atoms with E-state index >= 15 is 0 Å². The van der Waals surface area contributed by atoms with Crippen LogP contribution in [-0.4, -0.2) is 39.0 Å². The number of nitrogens with zero attached hydrogens (tertiary/aromatic N) is 3. The maximum absolute atomic E-state index is 9.77. The van der Waals surface area contributed by atoms with Gasteiger partial charge in [-0.2, -0.15) is 5.10 Å². The molecule has 1 saturated heterocycles. The molecule has 1 atom stereocenters. The fraction of sp³-hybridized carbons (Fsp3) is 0.526. The van der Waals surface area contributed by atoms with Crippen molar-refractivity contribution in [3.8, 4) is 11.3 Å². The Morgan fingerprint density at radius 1 is 1.17 bits per heavy atom. The molecule has 1 aromatic carbocycles. The topological polar surface area (TPSA) is 41.3 Å². The summed E-state index contributed by atoms with van der Waals surface area (Å²) >= 11 is 6.29. The zero-order valence-electron chi connectivity index (χ0n) is 14.1. The quantitative estimate of drug-likeness (QED) is 0.900. The fourth-order valence-electron chi connectivity index (χ4n) is 4.04. The Kier molecular flexibility index (Phi) is 4.37. The van der Waals surface area contributed by atoms with E-state index in [1.807, 2.05) is 12.1 Å². The van der Waals surface area contributed by atoms with Gasteiger partial charge in [-0.1, -0.05) is 23.7 Å². The van der Waals surface area contributed by atoms with Crippen LogP contribution in [0.1, 0.15) is 43.0 Å². The van der Waals surface area contributed by atoms with Gasteiger partial charge >= 0.3 is 0 Å². The number of piperidine rings is 1.